The van der Waals surface area contributed by atoms with Crippen LogP contribution in [0.2, 0.25) is 0 Å². The van der Waals surface area contributed by atoms with E-state index in [1.165, 1.54) is 5.56 Å². The van der Waals surface area contributed by atoms with E-state index in [0.717, 1.165) is 50.6 Å². The number of fused-ring (bicyclic) bond motifs is 1. The van der Waals surface area contributed by atoms with Gasteiger partial charge in [0.2, 0.25) is 12.7 Å². The van der Waals surface area contributed by atoms with Crippen LogP contribution in [0.4, 0.5) is 5.95 Å². The minimum atomic E-state index is -0.123. The van der Waals surface area contributed by atoms with Crippen LogP contribution in [-0.2, 0) is 6.54 Å². The van der Waals surface area contributed by atoms with E-state index in [4.69, 9.17) is 9.47 Å². The Morgan fingerprint density at radius 1 is 1.11 bits per heavy atom. The Balaban J connectivity index is 1.29. The average Bonchev–Trinajstić information content (AvgIpc) is 3.20. The highest BCUT2D eigenvalue weighted by molar-refractivity contribution is 5.93. The van der Waals surface area contributed by atoms with E-state index in [0.29, 0.717) is 24.8 Å². The average molecular weight is 383 g/mol. The van der Waals surface area contributed by atoms with E-state index >= 15 is 0 Å². The number of ether oxygens (including phenoxy) is 2. The van der Waals surface area contributed by atoms with Crippen molar-refractivity contribution in [3.05, 3.63) is 41.7 Å². The van der Waals surface area contributed by atoms with Crippen molar-refractivity contribution in [2.24, 2.45) is 0 Å². The molecule has 0 bridgehead atoms. The number of rotatable bonds is 6. The minimum Gasteiger partial charge on any atom is -0.454 e. The molecule has 1 saturated heterocycles. The summed E-state index contributed by atoms with van der Waals surface area (Å²) in [5, 5.41) is 2.84. The Morgan fingerprint density at radius 3 is 2.61 bits per heavy atom. The minimum absolute atomic E-state index is 0.123. The van der Waals surface area contributed by atoms with Crippen molar-refractivity contribution in [3.63, 3.8) is 0 Å². The highest BCUT2D eigenvalue weighted by atomic mass is 16.7. The van der Waals surface area contributed by atoms with E-state index < -0.39 is 0 Å². The summed E-state index contributed by atoms with van der Waals surface area (Å²) in [6.07, 6.45) is 4.11. The lowest BCUT2D eigenvalue weighted by Gasteiger charge is -2.34. The molecule has 4 rings (SSSR count). The van der Waals surface area contributed by atoms with Crippen LogP contribution in [0.3, 0.4) is 0 Å². The van der Waals surface area contributed by atoms with E-state index in [1.54, 1.807) is 12.4 Å². The molecular formula is C20H25N5O3. The molecule has 1 N–H and O–H groups in total. The lowest BCUT2D eigenvalue weighted by atomic mass is 10.1. The van der Waals surface area contributed by atoms with E-state index in [-0.39, 0.29) is 5.91 Å². The first-order chi connectivity index (χ1) is 13.7. The zero-order valence-electron chi connectivity index (χ0n) is 16.1. The molecule has 1 aromatic heterocycles. The van der Waals surface area contributed by atoms with Crippen LogP contribution in [0, 0.1) is 0 Å². The van der Waals surface area contributed by atoms with E-state index in [9.17, 15) is 4.79 Å². The molecule has 8 nitrogen and oxygen atoms in total. The van der Waals surface area contributed by atoms with Crippen molar-refractivity contribution in [1.82, 2.24) is 20.2 Å². The number of amides is 1. The molecule has 148 valence electrons. The zero-order chi connectivity index (χ0) is 19.3. The number of benzene rings is 1. The number of nitrogens with zero attached hydrogens (tertiary/aromatic N) is 4. The fourth-order valence-electron chi connectivity index (χ4n) is 3.35. The maximum absolute atomic E-state index is 12.0. The van der Waals surface area contributed by atoms with Crippen LogP contribution in [0.15, 0.2) is 30.6 Å². The molecule has 1 aromatic carbocycles. The molecule has 0 radical (unpaired) electrons. The third-order valence-electron chi connectivity index (χ3n) is 4.93. The molecule has 1 fully saturated rings. The summed E-state index contributed by atoms with van der Waals surface area (Å²) in [5.41, 5.74) is 1.72. The maximum atomic E-state index is 12.0. The first-order valence-electron chi connectivity index (χ1n) is 9.69. The Morgan fingerprint density at radius 2 is 1.86 bits per heavy atom. The summed E-state index contributed by atoms with van der Waals surface area (Å²) in [6, 6.07) is 6.12. The van der Waals surface area contributed by atoms with Gasteiger partial charge in [-0.05, 0) is 24.1 Å². The van der Waals surface area contributed by atoms with Crippen LogP contribution in [0.25, 0.3) is 0 Å². The number of carbonyl (C=O) groups excluding carboxylic acids is 1. The largest absolute Gasteiger partial charge is 0.454 e. The van der Waals surface area contributed by atoms with Gasteiger partial charge in [0, 0.05) is 51.7 Å². The maximum Gasteiger partial charge on any atom is 0.254 e. The molecule has 0 atom stereocenters. The summed E-state index contributed by atoms with van der Waals surface area (Å²) in [5.74, 6) is 2.20. The highest BCUT2D eigenvalue weighted by Crippen LogP contribution is 2.32. The van der Waals surface area contributed by atoms with Crippen molar-refractivity contribution in [3.8, 4) is 11.5 Å². The molecule has 0 aliphatic carbocycles. The smallest absolute Gasteiger partial charge is 0.254 e. The van der Waals surface area contributed by atoms with Gasteiger partial charge >= 0.3 is 0 Å². The van der Waals surface area contributed by atoms with Crippen molar-refractivity contribution in [2.45, 2.75) is 19.9 Å². The standard InChI is InChI=1S/C20H25N5O3/c1-2-5-21-19(26)16-11-22-20(23-12-16)25-8-6-24(7-9-25)13-15-3-4-17-18(10-15)28-14-27-17/h3-4,10-12H,2,5-9,13-14H2,1H3,(H,21,26). The van der Waals surface area contributed by atoms with Crippen LogP contribution < -0.4 is 19.7 Å². The summed E-state index contributed by atoms with van der Waals surface area (Å²) < 4.78 is 10.8. The second-order valence-corrected chi connectivity index (χ2v) is 6.98. The molecule has 2 aliphatic heterocycles. The topological polar surface area (TPSA) is 79.8 Å². The molecule has 28 heavy (non-hydrogen) atoms. The molecule has 2 aliphatic rings. The van der Waals surface area contributed by atoms with Crippen molar-refractivity contribution >= 4 is 11.9 Å². The number of nitrogens with one attached hydrogen (secondary N) is 1. The van der Waals surface area contributed by atoms with Gasteiger partial charge < -0.3 is 19.7 Å². The summed E-state index contributed by atoms with van der Waals surface area (Å²) in [4.78, 5) is 25.3. The predicted molar refractivity (Wildman–Crippen MR) is 105 cm³/mol. The number of anilines is 1. The van der Waals surface area contributed by atoms with E-state index in [2.05, 4.69) is 37.2 Å². The Kier molecular flexibility index (Phi) is 5.57. The van der Waals surface area contributed by atoms with Gasteiger partial charge in [-0.2, -0.15) is 0 Å². The summed E-state index contributed by atoms with van der Waals surface area (Å²) in [7, 11) is 0. The van der Waals surface area contributed by atoms with E-state index in [1.807, 2.05) is 13.0 Å². The number of carbonyl (C=O) groups is 1. The molecule has 0 spiro atoms. The van der Waals surface area contributed by atoms with Crippen molar-refractivity contribution in [1.29, 1.82) is 0 Å². The summed E-state index contributed by atoms with van der Waals surface area (Å²) in [6.45, 7) is 7.42. The van der Waals surface area contributed by atoms with Crippen LogP contribution >= 0.6 is 0 Å². The lowest BCUT2D eigenvalue weighted by Crippen LogP contribution is -2.46. The van der Waals surface area contributed by atoms with Crippen LogP contribution in [-0.4, -0.2) is 60.3 Å². The normalized spacial score (nSPS) is 16.2. The van der Waals surface area contributed by atoms with Gasteiger partial charge in [-0.1, -0.05) is 13.0 Å². The van der Waals surface area contributed by atoms with Gasteiger partial charge in [0.25, 0.3) is 5.91 Å². The molecule has 1 amide bonds. The third kappa shape index (κ3) is 4.17. The van der Waals surface area contributed by atoms with Crippen molar-refractivity contribution < 1.29 is 14.3 Å². The summed E-state index contributed by atoms with van der Waals surface area (Å²) >= 11 is 0. The quantitative estimate of drug-likeness (QED) is 0.813. The first-order valence-corrected chi connectivity index (χ1v) is 9.69. The molecule has 3 heterocycles. The first kappa shape index (κ1) is 18.5. The number of piperazine rings is 1. The van der Waals surface area contributed by atoms with Crippen LogP contribution in [0.5, 0.6) is 11.5 Å². The zero-order valence-corrected chi connectivity index (χ0v) is 16.1. The van der Waals surface area contributed by atoms with Gasteiger partial charge in [-0.3, -0.25) is 9.69 Å². The second kappa shape index (κ2) is 8.43. The van der Waals surface area contributed by atoms with Gasteiger partial charge in [-0.25, -0.2) is 9.97 Å². The predicted octanol–water partition coefficient (Wildman–Crippen LogP) is 1.67. The molecule has 0 unspecified atom stereocenters. The highest BCUT2D eigenvalue weighted by Gasteiger charge is 2.20. The lowest BCUT2D eigenvalue weighted by molar-refractivity contribution is 0.0953. The molecule has 2 aromatic rings. The Bertz CT molecular complexity index is 819. The van der Waals surface area contributed by atoms with Gasteiger partial charge in [0.1, 0.15) is 0 Å². The van der Waals surface area contributed by atoms with Gasteiger partial charge in [0.05, 0.1) is 5.56 Å². The Hall–Kier alpha value is -2.87. The Labute approximate surface area is 164 Å². The molecule has 8 heteroatoms. The number of aromatic nitrogens is 2. The second-order valence-electron chi connectivity index (χ2n) is 6.98. The van der Waals surface area contributed by atoms with Gasteiger partial charge in [-0.15, -0.1) is 0 Å². The van der Waals surface area contributed by atoms with Crippen molar-refractivity contribution in [2.75, 3.05) is 44.4 Å². The van der Waals surface area contributed by atoms with Crippen LogP contribution in [0.1, 0.15) is 29.3 Å². The SMILES string of the molecule is CCCNC(=O)c1cnc(N2CCN(Cc3ccc4c(c3)OCO4)CC2)nc1. The fraction of sp³-hybridized carbons (Fsp3) is 0.450. The number of hydrogen-bond donors (Lipinski definition) is 1. The molecular weight excluding hydrogens is 358 g/mol. The molecule has 0 saturated carbocycles. The van der Waals surface area contributed by atoms with Gasteiger partial charge in [0.15, 0.2) is 11.5 Å². The number of hydrogen-bond acceptors (Lipinski definition) is 7. The monoisotopic (exact) mass is 383 g/mol. The fourth-order valence-corrected chi connectivity index (χ4v) is 3.35. The third-order valence-corrected chi connectivity index (χ3v) is 4.93.